The van der Waals surface area contributed by atoms with Crippen LogP contribution in [0.4, 0.5) is 5.00 Å². The molecule has 3 rings (SSSR count). The van der Waals surface area contributed by atoms with Crippen molar-refractivity contribution in [3.05, 3.63) is 37.9 Å². The Hall–Kier alpha value is -2.26. The van der Waals surface area contributed by atoms with Gasteiger partial charge in [-0.1, -0.05) is 0 Å². The summed E-state index contributed by atoms with van der Waals surface area (Å²) in [6.07, 6.45) is -0.684. The van der Waals surface area contributed by atoms with E-state index >= 15 is 0 Å². The van der Waals surface area contributed by atoms with Gasteiger partial charge in [0.05, 0.1) is 11.1 Å². The van der Waals surface area contributed by atoms with Crippen LogP contribution in [0.25, 0.3) is 10.2 Å². The van der Waals surface area contributed by atoms with E-state index in [9.17, 15) is 9.59 Å². The largest absolute Gasteiger partial charge is 0.451 e. The molecule has 0 saturated heterocycles. The molecule has 0 radical (unpaired) electrons. The third kappa shape index (κ3) is 3.05. The summed E-state index contributed by atoms with van der Waals surface area (Å²) >= 11 is 2.66. The molecule has 0 spiro atoms. The van der Waals surface area contributed by atoms with Crippen molar-refractivity contribution in [2.24, 2.45) is 0 Å². The topological polar surface area (TPSA) is 97.0 Å². The van der Waals surface area contributed by atoms with Gasteiger partial charge in [-0.2, -0.15) is 4.37 Å². The summed E-state index contributed by atoms with van der Waals surface area (Å²) in [4.78, 5) is 33.8. The van der Waals surface area contributed by atoms with Crippen LogP contribution in [0.3, 0.4) is 0 Å². The lowest BCUT2D eigenvalue weighted by Gasteiger charge is -2.13. The number of hydrogen-bond donors (Lipinski definition) is 2. The van der Waals surface area contributed by atoms with Crippen molar-refractivity contribution in [2.45, 2.75) is 33.8 Å². The molecule has 132 valence electrons. The number of H-pyrrole nitrogens is 1. The summed E-state index contributed by atoms with van der Waals surface area (Å²) in [5.41, 5.74) is 1.73. The van der Waals surface area contributed by atoms with Crippen LogP contribution in [0.1, 0.15) is 45.3 Å². The fourth-order valence-electron chi connectivity index (χ4n) is 2.52. The summed E-state index contributed by atoms with van der Waals surface area (Å²) in [6.45, 7) is 7.29. The Morgan fingerprint density at radius 3 is 2.72 bits per heavy atom. The van der Waals surface area contributed by atoms with E-state index in [1.807, 2.05) is 13.8 Å². The molecular formula is C16H18N4O3S2. The number of hydrogen-bond acceptors (Lipinski definition) is 8. The Morgan fingerprint density at radius 2 is 2.04 bits per heavy atom. The summed E-state index contributed by atoms with van der Waals surface area (Å²) in [5, 5.41) is 4.18. The number of carbonyl (C=O) groups is 1. The highest BCUT2D eigenvalue weighted by Crippen LogP contribution is 2.29. The van der Waals surface area contributed by atoms with Crippen molar-refractivity contribution >= 4 is 44.1 Å². The molecule has 0 aromatic carbocycles. The van der Waals surface area contributed by atoms with Crippen LogP contribution in [-0.4, -0.2) is 27.4 Å². The molecule has 0 unspecified atom stereocenters. The van der Waals surface area contributed by atoms with Gasteiger partial charge in [0.1, 0.15) is 15.4 Å². The summed E-state index contributed by atoms with van der Waals surface area (Å²) in [7, 11) is 1.72. The maximum absolute atomic E-state index is 12.5. The first kappa shape index (κ1) is 17.6. The molecule has 0 fully saturated rings. The van der Waals surface area contributed by atoms with Crippen LogP contribution in [0.5, 0.6) is 0 Å². The average Bonchev–Trinajstić information content (AvgIpc) is 3.07. The predicted molar refractivity (Wildman–Crippen MR) is 99.9 cm³/mol. The van der Waals surface area contributed by atoms with Crippen LogP contribution in [0.2, 0.25) is 0 Å². The highest BCUT2D eigenvalue weighted by molar-refractivity contribution is 7.18. The van der Waals surface area contributed by atoms with Gasteiger partial charge in [-0.25, -0.2) is 9.78 Å². The fourth-order valence-corrected chi connectivity index (χ4v) is 4.29. The van der Waals surface area contributed by atoms with Gasteiger partial charge >= 0.3 is 5.97 Å². The van der Waals surface area contributed by atoms with Crippen LogP contribution in [0.15, 0.2) is 4.79 Å². The lowest BCUT2D eigenvalue weighted by molar-refractivity contribution is 0.0320. The first-order valence-electron chi connectivity index (χ1n) is 7.68. The zero-order valence-electron chi connectivity index (χ0n) is 14.5. The normalized spacial score (nSPS) is 12.4. The van der Waals surface area contributed by atoms with Gasteiger partial charge in [0.15, 0.2) is 11.9 Å². The van der Waals surface area contributed by atoms with E-state index in [1.165, 1.54) is 22.9 Å². The number of ether oxygens (including phenoxy) is 1. The van der Waals surface area contributed by atoms with Gasteiger partial charge in [0, 0.05) is 11.9 Å². The highest BCUT2D eigenvalue weighted by Gasteiger charge is 2.23. The number of anilines is 1. The third-order valence-corrected chi connectivity index (χ3v) is 6.08. The molecule has 0 aliphatic rings. The Bertz CT molecular complexity index is 1020. The standard InChI is InChI=1S/C16H18N4O3S2/c1-6-9(4)24-15-10(6)13(21)18-12(19-15)8(3)23-16(22)11-7(2)20-25-14(11)17-5/h8,17H,1-5H3,(H,18,19,21)/t8-/m0/s1. The van der Waals surface area contributed by atoms with Crippen molar-refractivity contribution < 1.29 is 9.53 Å². The summed E-state index contributed by atoms with van der Waals surface area (Å²) < 4.78 is 9.67. The molecule has 0 amide bonds. The van der Waals surface area contributed by atoms with E-state index in [1.54, 1.807) is 20.9 Å². The summed E-state index contributed by atoms with van der Waals surface area (Å²) in [5.74, 6) is -0.164. The molecule has 9 heteroatoms. The number of nitrogens with one attached hydrogen (secondary N) is 2. The number of rotatable bonds is 4. The SMILES string of the molecule is CNc1snc(C)c1C(=O)O[C@@H](C)c1nc2sc(C)c(C)c2c(=O)[nH]1. The monoisotopic (exact) mass is 378 g/mol. The zero-order valence-corrected chi connectivity index (χ0v) is 16.1. The number of carbonyl (C=O) groups excluding carboxylic acids is 1. The summed E-state index contributed by atoms with van der Waals surface area (Å²) in [6, 6.07) is 0. The van der Waals surface area contributed by atoms with E-state index in [0.717, 1.165) is 10.4 Å². The quantitative estimate of drug-likeness (QED) is 0.676. The second-order valence-corrected chi connectivity index (χ2v) is 7.66. The molecule has 3 heterocycles. The lowest BCUT2D eigenvalue weighted by Crippen LogP contribution is -2.17. The number of fused-ring (bicyclic) bond motifs is 1. The Balaban J connectivity index is 1.92. The Kier molecular flexibility index (Phi) is 4.61. The molecule has 2 N–H and O–H groups in total. The highest BCUT2D eigenvalue weighted by atomic mass is 32.1. The lowest BCUT2D eigenvalue weighted by atomic mass is 10.2. The van der Waals surface area contributed by atoms with Crippen LogP contribution in [-0.2, 0) is 4.74 Å². The first-order valence-corrected chi connectivity index (χ1v) is 9.27. The van der Waals surface area contributed by atoms with Gasteiger partial charge < -0.3 is 15.0 Å². The van der Waals surface area contributed by atoms with Crippen molar-refractivity contribution in [3.63, 3.8) is 0 Å². The molecule has 7 nitrogen and oxygen atoms in total. The predicted octanol–water partition coefficient (Wildman–Crippen LogP) is 3.33. The second kappa shape index (κ2) is 6.57. The van der Waals surface area contributed by atoms with E-state index in [-0.39, 0.29) is 5.56 Å². The van der Waals surface area contributed by atoms with Gasteiger partial charge in [0.25, 0.3) is 5.56 Å². The van der Waals surface area contributed by atoms with Crippen LogP contribution in [0, 0.1) is 20.8 Å². The van der Waals surface area contributed by atoms with Gasteiger partial charge in [-0.05, 0) is 44.8 Å². The van der Waals surface area contributed by atoms with Crippen molar-refractivity contribution in [2.75, 3.05) is 12.4 Å². The fraction of sp³-hybridized carbons (Fsp3) is 0.375. The minimum atomic E-state index is -0.684. The van der Waals surface area contributed by atoms with E-state index in [0.29, 0.717) is 32.3 Å². The molecule has 0 aliphatic carbocycles. The minimum Gasteiger partial charge on any atom is -0.451 e. The molecular weight excluding hydrogens is 360 g/mol. The smallest absolute Gasteiger partial charge is 0.343 e. The Morgan fingerprint density at radius 1 is 1.32 bits per heavy atom. The van der Waals surface area contributed by atoms with Crippen molar-refractivity contribution in [1.29, 1.82) is 0 Å². The number of aromatic nitrogens is 3. The van der Waals surface area contributed by atoms with Crippen LogP contribution >= 0.6 is 22.9 Å². The first-order chi connectivity index (χ1) is 11.8. The second-order valence-electron chi connectivity index (χ2n) is 5.68. The number of esters is 1. The zero-order chi connectivity index (χ0) is 18.3. The maximum atomic E-state index is 12.5. The van der Waals surface area contributed by atoms with Gasteiger partial charge in [0.2, 0.25) is 0 Å². The van der Waals surface area contributed by atoms with Crippen LogP contribution < -0.4 is 10.9 Å². The average molecular weight is 378 g/mol. The number of nitrogens with zero attached hydrogens (tertiary/aromatic N) is 2. The molecule has 3 aromatic heterocycles. The van der Waals surface area contributed by atoms with E-state index < -0.39 is 12.1 Å². The maximum Gasteiger partial charge on any atom is 0.343 e. The Labute approximate surface area is 152 Å². The molecule has 25 heavy (non-hydrogen) atoms. The number of aryl methyl sites for hydroxylation is 3. The molecule has 0 saturated carbocycles. The van der Waals surface area contributed by atoms with E-state index in [4.69, 9.17) is 4.74 Å². The molecule has 0 aliphatic heterocycles. The molecule has 0 bridgehead atoms. The van der Waals surface area contributed by atoms with Crippen molar-refractivity contribution in [3.8, 4) is 0 Å². The number of aromatic amines is 1. The molecule has 3 aromatic rings. The minimum absolute atomic E-state index is 0.214. The molecule has 1 atom stereocenters. The van der Waals surface area contributed by atoms with Crippen molar-refractivity contribution in [1.82, 2.24) is 14.3 Å². The van der Waals surface area contributed by atoms with Gasteiger partial charge in [-0.15, -0.1) is 11.3 Å². The van der Waals surface area contributed by atoms with E-state index in [2.05, 4.69) is 19.7 Å². The van der Waals surface area contributed by atoms with Gasteiger partial charge in [-0.3, -0.25) is 4.79 Å². The number of thiophene rings is 1. The third-order valence-electron chi connectivity index (χ3n) is 4.02.